The van der Waals surface area contributed by atoms with Gasteiger partial charge in [0, 0.05) is 17.1 Å². The molecule has 21 heavy (non-hydrogen) atoms. The molecule has 108 valence electrons. The highest BCUT2D eigenvalue weighted by atomic mass is 35.5. The molecule has 2 aromatic carbocycles. The third kappa shape index (κ3) is 3.58. The second kappa shape index (κ2) is 6.37. The molecule has 0 aliphatic rings. The fraction of sp³-hybridized carbons (Fsp3) is 0.133. The first kappa shape index (κ1) is 15.0. The number of carbonyl (C=O) groups is 1. The van der Waals surface area contributed by atoms with Crippen molar-refractivity contribution >= 4 is 23.2 Å². The van der Waals surface area contributed by atoms with Gasteiger partial charge in [-0.3, -0.25) is 14.9 Å². The van der Waals surface area contributed by atoms with E-state index in [1.807, 2.05) is 6.07 Å². The van der Waals surface area contributed by atoms with Crippen LogP contribution in [0.5, 0.6) is 0 Å². The fourth-order valence-corrected chi connectivity index (χ4v) is 2.22. The third-order valence-corrected chi connectivity index (χ3v) is 3.24. The van der Waals surface area contributed by atoms with E-state index in [4.69, 9.17) is 11.6 Å². The van der Waals surface area contributed by atoms with Gasteiger partial charge in [-0.25, -0.2) is 0 Å². The van der Waals surface area contributed by atoms with Crippen molar-refractivity contribution < 1.29 is 9.72 Å². The molecule has 0 atom stereocenters. The minimum Gasteiger partial charge on any atom is -0.348 e. The van der Waals surface area contributed by atoms with Gasteiger partial charge in [-0.1, -0.05) is 35.9 Å². The molecular weight excluding hydrogens is 292 g/mol. The number of nitrogens with zero attached hydrogens (tertiary/aromatic N) is 1. The Morgan fingerprint density at radius 1 is 1.29 bits per heavy atom. The average Bonchev–Trinajstić information content (AvgIpc) is 2.44. The van der Waals surface area contributed by atoms with Crippen LogP contribution in [0.3, 0.4) is 0 Å². The number of hydrogen-bond acceptors (Lipinski definition) is 3. The molecule has 0 heterocycles. The van der Waals surface area contributed by atoms with Crippen LogP contribution in [0.2, 0.25) is 5.02 Å². The lowest BCUT2D eigenvalue weighted by atomic mass is 10.1. The van der Waals surface area contributed by atoms with Crippen LogP contribution < -0.4 is 5.32 Å². The summed E-state index contributed by atoms with van der Waals surface area (Å²) in [4.78, 5) is 22.7. The van der Waals surface area contributed by atoms with Gasteiger partial charge >= 0.3 is 0 Å². The van der Waals surface area contributed by atoms with Gasteiger partial charge in [0.15, 0.2) is 0 Å². The van der Waals surface area contributed by atoms with Crippen LogP contribution in [-0.4, -0.2) is 10.8 Å². The van der Waals surface area contributed by atoms with Gasteiger partial charge in [-0.15, -0.1) is 0 Å². The summed E-state index contributed by atoms with van der Waals surface area (Å²) in [6.45, 7) is 1.86. The van der Waals surface area contributed by atoms with Crippen LogP contribution in [0.15, 0.2) is 42.5 Å². The van der Waals surface area contributed by atoms with E-state index in [-0.39, 0.29) is 17.8 Å². The summed E-state index contributed by atoms with van der Waals surface area (Å²) in [6, 6.07) is 11.7. The molecule has 0 spiro atoms. The maximum atomic E-state index is 12.1. The maximum absolute atomic E-state index is 12.1. The molecule has 1 amide bonds. The van der Waals surface area contributed by atoms with Crippen molar-refractivity contribution in [2.75, 3.05) is 0 Å². The van der Waals surface area contributed by atoms with Crippen LogP contribution in [0.25, 0.3) is 0 Å². The topological polar surface area (TPSA) is 72.2 Å². The van der Waals surface area contributed by atoms with Gasteiger partial charge < -0.3 is 5.32 Å². The Morgan fingerprint density at radius 3 is 2.67 bits per heavy atom. The van der Waals surface area contributed by atoms with Gasteiger partial charge in [0.25, 0.3) is 11.6 Å². The number of nitro groups is 1. The molecule has 2 aromatic rings. The first-order valence-electron chi connectivity index (χ1n) is 6.25. The Balaban J connectivity index is 2.18. The standard InChI is InChI=1S/C15H13ClN2O3/c1-10-4-2-7-13(14(10)18(20)21)15(19)17-9-11-5-3-6-12(16)8-11/h2-8H,9H2,1H3,(H,17,19). The number of halogens is 1. The summed E-state index contributed by atoms with van der Waals surface area (Å²) in [7, 11) is 0. The molecule has 0 aliphatic carbocycles. The monoisotopic (exact) mass is 304 g/mol. The molecular formula is C15H13ClN2O3. The molecule has 0 aromatic heterocycles. The first-order valence-corrected chi connectivity index (χ1v) is 6.63. The van der Waals surface area contributed by atoms with E-state index in [9.17, 15) is 14.9 Å². The molecule has 0 fully saturated rings. The van der Waals surface area contributed by atoms with Crippen LogP contribution in [0, 0.1) is 17.0 Å². The molecule has 0 saturated heterocycles. The summed E-state index contributed by atoms with van der Waals surface area (Å²) in [5.41, 5.74) is 1.17. The number of rotatable bonds is 4. The average molecular weight is 305 g/mol. The van der Waals surface area contributed by atoms with E-state index in [1.165, 1.54) is 6.07 Å². The van der Waals surface area contributed by atoms with E-state index in [1.54, 1.807) is 37.3 Å². The predicted octanol–water partition coefficient (Wildman–Crippen LogP) is 3.49. The first-order chi connectivity index (χ1) is 9.99. The lowest BCUT2D eigenvalue weighted by Gasteiger charge is -2.07. The number of benzene rings is 2. The summed E-state index contributed by atoms with van der Waals surface area (Å²) in [5.74, 6) is -0.481. The van der Waals surface area contributed by atoms with Crippen molar-refractivity contribution in [2.45, 2.75) is 13.5 Å². The van der Waals surface area contributed by atoms with Crippen molar-refractivity contribution in [3.8, 4) is 0 Å². The molecule has 5 nitrogen and oxygen atoms in total. The zero-order chi connectivity index (χ0) is 15.4. The van der Waals surface area contributed by atoms with Gasteiger partial charge in [0.1, 0.15) is 5.56 Å². The number of para-hydroxylation sites is 1. The molecule has 1 N–H and O–H groups in total. The summed E-state index contributed by atoms with van der Waals surface area (Å²) < 4.78 is 0. The Morgan fingerprint density at radius 2 is 2.00 bits per heavy atom. The highest BCUT2D eigenvalue weighted by molar-refractivity contribution is 6.30. The molecule has 0 unspecified atom stereocenters. The van der Waals surface area contributed by atoms with Crippen molar-refractivity contribution in [2.24, 2.45) is 0 Å². The summed E-state index contributed by atoms with van der Waals surface area (Å²) in [5, 5.41) is 14.3. The summed E-state index contributed by atoms with van der Waals surface area (Å²) >= 11 is 5.86. The van der Waals surface area contributed by atoms with E-state index in [0.29, 0.717) is 10.6 Å². The van der Waals surface area contributed by atoms with Crippen molar-refractivity contribution in [3.05, 3.63) is 74.3 Å². The number of carbonyl (C=O) groups excluding carboxylic acids is 1. The zero-order valence-electron chi connectivity index (χ0n) is 11.3. The lowest BCUT2D eigenvalue weighted by molar-refractivity contribution is -0.385. The number of nitro benzene ring substituents is 1. The van der Waals surface area contributed by atoms with E-state index >= 15 is 0 Å². The molecule has 0 aliphatic heterocycles. The Kier molecular flexibility index (Phi) is 4.55. The molecule has 0 saturated carbocycles. The van der Waals surface area contributed by atoms with Crippen LogP contribution in [-0.2, 0) is 6.54 Å². The molecule has 0 radical (unpaired) electrons. The van der Waals surface area contributed by atoms with Gasteiger partial charge in [0.2, 0.25) is 0 Å². The second-order valence-corrected chi connectivity index (χ2v) is 4.98. The number of aryl methyl sites for hydroxylation is 1. The van der Waals surface area contributed by atoms with Gasteiger partial charge in [-0.05, 0) is 30.7 Å². The lowest BCUT2D eigenvalue weighted by Crippen LogP contribution is -2.23. The quantitative estimate of drug-likeness (QED) is 0.694. The van der Waals surface area contributed by atoms with Crippen molar-refractivity contribution in [3.63, 3.8) is 0 Å². The minimum absolute atomic E-state index is 0.0574. The van der Waals surface area contributed by atoms with Crippen LogP contribution in [0.4, 0.5) is 5.69 Å². The Bertz CT molecular complexity index is 701. The van der Waals surface area contributed by atoms with Crippen molar-refractivity contribution in [1.29, 1.82) is 0 Å². The Hall–Kier alpha value is -2.40. The van der Waals surface area contributed by atoms with Gasteiger partial charge in [-0.2, -0.15) is 0 Å². The fourth-order valence-electron chi connectivity index (χ4n) is 2.01. The summed E-state index contributed by atoms with van der Waals surface area (Å²) in [6.07, 6.45) is 0. The molecule has 0 bridgehead atoms. The van der Waals surface area contributed by atoms with Crippen LogP contribution in [0.1, 0.15) is 21.5 Å². The van der Waals surface area contributed by atoms with E-state index < -0.39 is 10.8 Å². The maximum Gasteiger partial charge on any atom is 0.285 e. The van der Waals surface area contributed by atoms with Crippen LogP contribution >= 0.6 is 11.6 Å². The zero-order valence-corrected chi connectivity index (χ0v) is 12.1. The highest BCUT2D eigenvalue weighted by Gasteiger charge is 2.21. The van der Waals surface area contributed by atoms with E-state index in [2.05, 4.69) is 5.32 Å². The minimum atomic E-state index is -0.538. The normalized spacial score (nSPS) is 10.2. The van der Waals surface area contributed by atoms with Gasteiger partial charge in [0.05, 0.1) is 4.92 Å². The second-order valence-electron chi connectivity index (χ2n) is 4.54. The Labute approximate surface area is 126 Å². The SMILES string of the molecule is Cc1cccc(C(=O)NCc2cccc(Cl)c2)c1[N+](=O)[O-]. The highest BCUT2D eigenvalue weighted by Crippen LogP contribution is 2.23. The number of hydrogen-bond donors (Lipinski definition) is 1. The molecule has 6 heteroatoms. The number of nitrogens with one attached hydrogen (secondary N) is 1. The third-order valence-electron chi connectivity index (χ3n) is 3.01. The smallest absolute Gasteiger partial charge is 0.285 e. The number of amides is 1. The molecule has 2 rings (SSSR count). The largest absolute Gasteiger partial charge is 0.348 e. The van der Waals surface area contributed by atoms with E-state index in [0.717, 1.165) is 5.56 Å². The van der Waals surface area contributed by atoms with Crippen molar-refractivity contribution in [1.82, 2.24) is 5.32 Å². The predicted molar refractivity (Wildman–Crippen MR) is 80.5 cm³/mol.